The fourth-order valence-electron chi connectivity index (χ4n) is 0.872. The van der Waals surface area contributed by atoms with Crippen LogP contribution in [0.5, 0.6) is 5.75 Å². The second kappa shape index (κ2) is 4.98. The van der Waals surface area contributed by atoms with E-state index in [9.17, 15) is 22.0 Å². The molecule has 0 atom stereocenters. The van der Waals surface area contributed by atoms with Crippen LogP contribution in [0.15, 0.2) is 10.8 Å². The second-order valence-electron chi connectivity index (χ2n) is 2.49. The van der Waals surface area contributed by atoms with Crippen LogP contribution in [0.2, 0.25) is 0 Å². The number of rotatable bonds is 2. The van der Waals surface area contributed by atoms with Gasteiger partial charge in [0.1, 0.15) is 4.60 Å². The molecule has 9 heteroatoms. The summed E-state index contributed by atoms with van der Waals surface area (Å²) in [5, 5.41) is 0. The Labute approximate surface area is 108 Å². The summed E-state index contributed by atoms with van der Waals surface area (Å²) in [6, 6.07) is 0. The molecule has 0 bridgehead atoms. The molecule has 0 fully saturated rings. The predicted molar refractivity (Wildman–Crippen MR) is 56.3 cm³/mol. The van der Waals surface area contributed by atoms with Crippen LogP contribution in [-0.2, 0) is 0 Å². The van der Waals surface area contributed by atoms with Crippen molar-refractivity contribution in [2.24, 2.45) is 0 Å². The van der Waals surface area contributed by atoms with E-state index in [-0.39, 0.29) is 8.17 Å². The summed E-state index contributed by atoms with van der Waals surface area (Å²) in [5.74, 6) is -0.926. The fraction of sp³-hybridized carbons (Fsp3) is 0.286. The summed E-state index contributed by atoms with van der Waals surface area (Å²) in [4.78, 5) is 3.47. The van der Waals surface area contributed by atoms with E-state index in [0.717, 1.165) is 6.20 Å². The summed E-state index contributed by atoms with van der Waals surface area (Å²) in [5.41, 5.74) is -0.913. The highest BCUT2D eigenvalue weighted by atomic mass is 127. The van der Waals surface area contributed by atoms with Crippen LogP contribution in [0.25, 0.3) is 0 Å². The first-order valence-corrected chi connectivity index (χ1v) is 5.47. The Balaban J connectivity index is 3.29. The lowest BCUT2D eigenvalue weighted by molar-refractivity contribution is -0.275. The molecule has 0 aliphatic rings. The Bertz CT molecular complexity index is 397. The molecular formula is C7H2BrF5INO. The monoisotopic (exact) mass is 417 g/mol. The van der Waals surface area contributed by atoms with E-state index in [0.29, 0.717) is 0 Å². The topological polar surface area (TPSA) is 22.1 Å². The molecule has 1 aromatic heterocycles. The van der Waals surface area contributed by atoms with Gasteiger partial charge in [-0.05, 0) is 38.5 Å². The molecule has 90 valence electrons. The number of pyridine rings is 1. The van der Waals surface area contributed by atoms with E-state index < -0.39 is 24.1 Å². The number of ether oxygens (including phenoxy) is 1. The third kappa shape index (κ3) is 3.40. The van der Waals surface area contributed by atoms with Crippen molar-refractivity contribution in [3.63, 3.8) is 0 Å². The molecule has 0 saturated carbocycles. The number of nitrogens with zero attached hydrogens (tertiary/aromatic N) is 1. The molecule has 16 heavy (non-hydrogen) atoms. The van der Waals surface area contributed by atoms with Gasteiger partial charge in [0.2, 0.25) is 0 Å². The quantitative estimate of drug-likeness (QED) is 0.407. The summed E-state index contributed by atoms with van der Waals surface area (Å²) < 4.78 is 64.0. The van der Waals surface area contributed by atoms with E-state index in [1.165, 1.54) is 22.6 Å². The Morgan fingerprint density at radius 2 is 1.94 bits per heavy atom. The minimum atomic E-state index is -5.02. The molecule has 1 rings (SSSR count). The van der Waals surface area contributed by atoms with Gasteiger partial charge in [-0.15, -0.1) is 13.2 Å². The lowest BCUT2D eigenvalue weighted by Crippen LogP contribution is -2.19. The lowest BCUT2D eigenvalue weighted by Gasteiger charge is -2.15. The van der Waals surface area contributed by atoms with Crippen LogP contribution in [-0.4, -0.2) is 11.3 Å². The zero-order chi connectivity index (χ0) is 12.5. The van der Waals surface area contributed by atoms with Crippen molar-refractivity contribution >= 4 is 38.5 Å². The van der Waals surface area contributed by atoms with E-state index in [2.05, 4.69) is 25.7 Å². The Kier molecular flexibility index (Phi) is 4.32. The summed E-state index contributed by atoms with van der Waals surface area (Å²) in [6.45, 7) is 0. The maximum atomic E-state index is 12.5. The first kappa shape index (κ1) is 13.9. The van der Waals surface area contributed by atoms with E-state index >= 15 is 0 Å². The molecule has 0 aliphatic carbocycles. The molecule has 0 unspecified atom stereocenters. The third-order valence-electron chi connectivity index (χ3n) is 1.41. The van der Waals surface area contributed by atoms with Crippen LogP contribution in [0.1, 0.15) is 12.0 Å². The Hall–Kier alpha value is -0.190. The number of alkyl halides is 5. The summed E-state index contributed by atoms with van der Waals surface area (Å²) >= 11 is 4.08. The van der Waals surface area contributed by atoms with Gasteiger partial charge in [0.25, 0.3) is 6.43 Å². The number of aromatic nitrogens is 1. The summed E-state index contributed by atoms with van der Waals surface area (Å²) in [6.07, 6.45) is -7.14. The van der Waals surface area contributed by atoms with Gasteiger partial charge in [0, 0.05) is 6.20 Å². The molecule has 0 amide bonds. The lowest BCUT2D eigenvalue weighted by atomic mass is 10.3. The van der Waals surface area contributed by atoms with Crippen molar-refractivity contribution in [3.8, 4) is 5.75 Å². The molecule has 0 N–H and O–H groups in total. The number of halogens is 7. The van der Waals surface area contributed by atoms with Crippen LogP contribution in [0.4, 0.5) is 22.0 Å². The fourth-order valence-corrected chi connectivity index (χ4v) is 1.87. The highest BCUT2D eigenvalue weighted by Gasteiger charge is 2.35. The van der Waals surface area contributed by atoms with Crippen molar-refractivity contribution in [1.29, 1.82) is 0 Å². The molecule has 0 saturated heterocycles. The average Bonchev–Trinajstić information content (AvgIpc) is 2.08. The van der Waals surface area contributed by atoms with E-state index in [4.69, 9.17) is 0 Å². The second-order valence-corrected chi connectivity index (χ2v) is 4.40. The van der Waals surface area contributed by atoms with Crippen LogP contribution in [0.3, 0.4) is 0 Å². The molecule has 0 aromatic carbocycles. The van der Waals surface area contributed by atoms with Gasteiger partial charge >= 0.3 is 6.36 Å². The predicted octanol–water partition coefficient (Wildman–Crippen LogP) is 4.28. The Morgan fingerprint density at radius 1 is 1.38 bits per heavy atom. The molecule has 1 heterocycles. The van der Waals surface area contributed by atoms with E-state index in [1.807, 2.05) is 0 Å². The SMILES string of the molecule is FC(F)c1c(Br)ncc(I)c1OC(F)(F)F. The van der Waals surface area contributed by atoms with Crippen molar-refractivity contribution < 1.29 is 26.7 Å². The molecule has 1 aromatic rings. The van der Waals surface area contributed by atoms with Crippen LogP contribution >= 0.6 is 38.5 Å². The molecule has 2 nitrogen and oxygen atoms in total. The normalized spacial score (nSPS) is 12.0. The average molecular weight is 418 g/mol. The van der Waals surface area contributed by atoms with Crippen molar-refractivity contribution in [3.05, 3.63) is 19.9 Å². The first-order valence-electron chi connectivity index (χ1n) is 3.60. The van der Waals surface area contributed by atoms with Gasteiger partial charge in [-0.2, -0.15) is 0 Å². The smallest absolute Gasteiger partial charge is 0.404 e. The summed E-state index contributed by atoms with van der Waals surface area (Å²) in [7, 11) is 0. The number of hydrogen-bond acceptors (Lipinski definition) is 2. The molecule has 0 radical (unpaired) electrons. The van der Waals surface area contributed by atoms with Crippen molar-refractivity contribution in [2.45, 2.75) is 12.8 Å². The zero-order valence-corrected chi connectivity index (χ0v) is 10.9. The largest absolute Gasteiger partial charge is 0.573 e. The van der Waals surface area contributed by atoms with Gasteiger partial charge in [0.15, 0.2) is 5.75 Å². The Morgan fingerprint density at radius 3 is 2.38 bits per heavy atom. The van der Waals surface area contributed by atoms with Gasteiger partial charge in [-0.25, -0.2) is 13.8 Å². The highest BCUT2D eigenvalue weighted by molar-refractivity contribution is 14.1. The standard InChI is InChI=1S/C7H2BrF5INO/c8-5-3(6(9)10)4(2(14)1-15-5)16-7(11,12)13/h1,6H. The highest BCUT2D eigenvalue weighted by Crippen LogP contribution is 2.39. The van der Waals surface area contributed by atoms with Gasteiger partial charge < -0.3 is 4.74 Å². The molecular weight excluding hydrogens is 416 g/mol. The maximum Gasteiger partial charge on any atom is 0.573 e. The minimum absolute atomic E-state index is 0.145. The zero-order valence-electron chi connectivity index (χ0n) is 7.16. The van der Waals surface area contributed by atoms with Crippen LogP contribution < -0.4 is 4.74 Å². The van der Waals surface area contributed by atoms with Crippen molar-refractivity contribution in [1.82, 2.24) is 4.98 Å². The minimum Gasteiger partial charge on any atom is -0.404 e. The van der Waals surface area contributed by atoms with E-state index in [1.54, 1.807) is 0 Å². The molecule has 0 aliphatic heterocycles. The third-order valence-corrected chi connectivity index (χ3v) is 2.81. The van der Waals surface area contributed by atoms with Gasteiger partial charge in [-0.3, -0.25) is 0 Å². The first-order chi connectivity index (χ1) is 7.22. The number of hydrogen-bond donors (Lipinski definition) is 0. The molecule has 0 spiro atoms. The maximum absolute atomic E-state index is 12.5. The van der Waals surface area contributed by atoms with Gasteiger partial charge in [0.05, 0.1) is 9.13 Å². The van der Waals surface area contributed by atoms with Gasteiger partial charge in [-0.1, -0.05) is 0 Å². The van der Waals surface area contributed by atoms with Crippen molar-refractivity contribution in [2.75, 3.05) is 0 Å². The van der Waals surface area contributed by atoms with Crippen LogP contribution in [0, 0.1) is 3.57 Å².